The maximum Gasteiger partial charge on any atom is 0.246 e. The van der Waals surface area contributed by atoms with Gasteiger partial charge in [0.05, 0.1) is 80.1 Å². The number of aliphatic imine (C=N–C) groups is 1. The summed E-state index contributed by atoms with van der Waals surface area (Å²) in [5.74, 6) is -0.539. The van der Waals surface area contributed by atoms with Crippen molar-refractivity contribution in [3.8, 4) is 21.9 Å². The Morgan fingerprint density at radius 1 is 0.815 bits per heavy atom. The van der Waals surface area contributed by atoms with Gasteiger partial charge in [0.25, 0.3) is 0 Å². The summed E-state index contributed by atoms with van der Waals surface area (Å²) in [4.78, 5) is 80.8. The number of rotatable bonds is 25. The summed E-state index contributed by atoms with van der Waals surface area (Å²) in [5, 5.41) is 31.6. The molecule has 2 aliphatic rings. The number of aliphatic hydroxyl groups is 1. The number of fused-ring (bicyclic) bond motifs is 3. The van der Waals surface area contributed by atoms with Crippen molar-refractivity contribution in [3.63, 3.8) is 0 Å². The minimum atomic E-state index is -1.12. The molecule has 3 unspecified atom stereocenters. The Hall–Kier alpha value is -7.40. The number of β-amino-alcohol motifs (C(OH)–C–C–N with tert-alkyl or cyclic N) is 1. The zero-order chi connectivity index (χ0) is 57.6. The number of ether oxygens (including phenoxy) is 4. The van der Waals surface area contributed by atoms with E-state index in [1.807, 2.05) is 103 Å². The average molecular weight is 1150 g/mol. The van der Waals surface area contributed by atoms with Gasteiger partial charge < -0.3 is 50.2 Å². The van der Waals surface area contributed by atoms with Crippen LogP contribution in [0.4, 0.5) is 0 Å². The number of hydrogen-bond donors (Lipinski definition) is 5. The Bertz CT molecular complexity index is 3170. The Morgan fingerprint density at radius 2 is 1.52 bits per heavy atom. The summed E-state index contributed by atoms with van der Waals surface area (Å²) in [6.07, 6.45) is -0.794. The van der Waals surface area contributed by atoms with Crippen molar-refractivity contribution < 1.29 is 48.0 Å². The lowest BCUT2D eigenvalue weighted by Gasteiger charge is -2.36. The van der Waals surface area contributed by atoms with Gasteiger partial charge in [-0.2, -0.15) is 0 Å². The molecular weight excluding hydrogens is 1080 g/mol. The van der Waals surface area contributed by atoms with Gasteiger partial charge in [0.2, 0.25) is 29.5 Å². The van der Waals surface area contributed by atoms with E-state index < -0.39 is 59.3 Å². The van der Waals surface area contributed by atoms with Crippen molar-refractivity contribution >= 4 is 58.2 Å². The van der Waals surface area contributed by atoms with Crippen LogP contribution in [0.3, 0.4) is 0 Å². The smallest absolute Gasteiger partial charge is 0.246 e. The molecule has 4 aromatic carbocycles. The van der Waals surface area contributed by atoms with E-state index in [0.29, 0.717) is 28.1 Å². The number of carbonyl (C=O) groups is 5. The second-order valence-electron chi connectivity index (χ2n) is 20.9. The quantitative estimate of drug-likeness (QED) is 0.0435. The molecule has 0 bridgehead atoms. The van der Waals surface area contributed by atoms with E-state index in [9.17, 15) is 29.1 Å². The van der Waals surface area contributed by atoms with E-state index in [4.69, 9.17) is 35.5 Å². The lowest BCUT2D eigenvalue weighted by atomic mass is 9.85. The maximum absolute atomic E-state index is 14.4. The minimum absolute atomic E-state index is 0.00268. The highest BCUT2D eigenvalue weighted by molar-refractivity contribution is 7.13. The maximum atomic E-state index is 14.4. The molecule has 0 spiro atoms. The normalized spacial score (nSPS) is 16.5. The Balaban J connectivity index is 0.767. The highest BCUT2D eigenvalue weighted by Gasteiger charge is 2.45. The van der Waals surface area contributed by atoms with E-state index in [0.717, 1.165) is 44.1 Å². The van der Waals surface area contributed by atoms with Crippen molar-refractivity contribution in [1.29, 1.82) is 0 Å². The van der Waals surface area contributed by atoms with Crippen molar-refractivity contribution in [1.82, 2.24) is 45.9 Å². The molecule has 0 saturated carbocycles. The van der Waals surface area contributed by atoms with E-state index in [1.165, 1.54) is 4.90 Å². The first kappa shape index (κ1) is 59.7. The molecule has 0 aliphatic carbocycles. The van der Waals surface area contributed by atoms with Crippen LogP contribution >= 0.6 is 22.9 Å². The van der Waals surface area contributed by atoms with Gasteiger partial charge in [0.1, 0.15) is 42.3 Å². The molecule has 5 atom stereocenters. The second kappa shape index (κ2) is 27.9. The fourth-order valence-corrected chi connectivity index (χ4v) is 10.5. The average Bonchev–Trinajstić information content (AvgIpc) is 4.20. The van der Waals surface area contributed by atoms with Crippen LogP contribution in [0.15, 0.2) is 108 Å². The summed E-state index contributed by atoms with van der Waals surface area (Å²) >= 11 is 7.79. The van der Waals surface area contributed by atoms with Gasteiger partial charge in [-0.3, -0.25) is 33.5 Å². The Labute approximate surface area is 480 Å². The predicted octanol–water partition coefficient (Wildman–Crippen LogP) is 5.65. The third-order valence-corrected chi connectivity index (χ3v) is 15.0. The highest BCUT2D eigenvalue weighted by atomic mass is 35.5. The fourth-order valence-electron chi connectivity index (χ4n) is 9.61. The number of aryl methyl sites for hydroxylation is 2. The number of aromatic nitrogens is 4. The molecule has 5 amide bonds. The Kier molecular flexibility index (Phi) is 20.5. The molecule has 4 heterocycles. The van der Waals surface area contributed by atoms with Crippen molar-refractivity contribution in [3.05, 3.63) is 147 Å². The Morgan fingerprint density at radius 3 is 2.21 bits per heavy atom. The van der Waals surface area contributed by atoms with Crippen LogP contribution < -0.4 is 26.0 Å². The van der Waals surface area contributed by atoms with Gasteiger partial charge in [0, 0.05) is 48.6 Å². The monoisotopic (exact) mass is 1140 g/mol. The second-order valence-corrected chi connectivity index (χ2v) is 22.1. The molecule has 2 aliphatic heterocycles. The van der Waals surface area contributed by atoms with Crippen molar-refractivity contribution in [2.75, 3.05) is 59.8 Å². The SMILES string of the molecule is COc1ccc2c(c1)C(c1ccc(Cl)cc1)=NC(CC(=O)NCCOCCOCCOCC(=O)NC(Cc1ccccc1)C(=O)NC(C(=O)N1C[C@H](O)C[C@H]1C(=O)NCc1ccc(-c3scnc3C)cc1)C(C)(C)C)c1nnc(C)n1-2. The lowest BCUT2D eigenvalue weighted by molar-refractivity contribution is -0.144. The number of methoxy groups -OCH3 is 1. The van der Waals surface area contributed by atoms with E-state index in [2.05, 4.69) is 36.4 Å². The van der Waals surface area contributed by atoms with Gasteiger partial charge in [-0.05, 0) is 66.3 Å². The minimum Gasteiger partial charge on any atom is -0.497 e. The molecule has 2 aromatic heterocycles. The number of thiazole rings is 1. The topological polar surface area (TPSA) is 250 Å². The standard InChI is InChI=1S/C59H69ClN10O10S/c1-36-53(81-35-63-36)41-14-12-39(13-15-41)32-62-57(75)49-29-43(71)33-69(49)58(76)54(59(3,4)5)66-56(74)47(28-38-10-8-7-9-11-38)64-51(73)34-80-27-26-79-25-24-78-23-22-61-50(72)31-46-55-68-67-37(2)70(55)48-21-20-44(77-6)30-45(48)52(65-46)40-16-18-42(60)19-17-40/h7-21,30,35,43,46-47,49,54,71H,22-29,31-34H2,1-6H3,(H,61,72)(H,62,75)(H,64,73)(H,66,74)/t43-,46?,47?,49+,54?/m1/s1. The largest absolute Gasteiger partial charge is 0.497 e. The molecule has 20 nitrogen and oxygen atoms in total. The molecule has 81 heavy (non-hydrogen) atoms. The molecule has 6 aromatic rings. The van der Waals surface area contributed by atoms with Gasteiger partial charge in [-0.15, -0.1) is 21.5 Å². The number of aliphatic hydroxyl groups excluding tert-OH is 1. The van der Waals surface area contributed by atoms with Crippen LogP contribution in [0.25, 0.3) is 16.1 Å². The molecular formula is C59H69ClN10O10S. The molecule has 8 rings (SSSR count). The summed E-state index contributed by atoms with van der Waals surface area (Å²) in [7, 11) is 1.60. The summed E-state index contributed by atoms with van der Waals surface area (Å²) in [6, 6.07) is 26.1. The van der Waals surface area contributed by atoms with Crippen LogP contribution in [-0.4, -0.2) is 149 Å². The number of amides is 5. The molecule has 22 heteroatoms. The highest BCUT2D eigenvalue weighted by Crippen LogP contribution is 2.35. The molecule has 1 saturated heterocycles. The molecule has 428 valence electrons. The van der Waals surface area contributed by atoms with Gasteiger partial charge in [0.15, 0.2) is 5.82 Å². The number of nitrogens with zero attached hydrogens (tertiary/aromatic N) is 6. The first-order valence-electron chi connectivity index (χ1n) is 26.8. The number of likely N-dealkylation sites (tertiary alicyclic amines) is 1. The molecule has 0 radical (unpaired) electrons. The van der Waals surface area contributed by atoms with Gasteiger partial charge in [-0.1, -0.05) is 99.1 Å². The van der Waals surface area contributed by atoms with Crippen LogP contribution in [0.2, 0.25) is 5.02 Å². The van der Waals surface area contributed by atoms with Crippen LogP contribution in [0.1, 0.15) is 79.3 Å². The van der Waals surface area contributed by atoms with Crippen molar-refractivity contribution in [2.45, 2.75) is 90.7 Å². The third kappa shape index (κ3) is 15.7. The summed E-state index contributed by atoms with van der Waals surface area (Å²) < 4.78 is 24.4. The number of carbonyl (C=O) groups excluding carboxylic acids is 5. The zero-order valence-electron chi connectivity index (χ0n) is 46.3. The third-order valence-electron chi connectivity index (χ3n) is 13.8. The number of hydrogen-bond acceptors (Lipinski definition) is 15. The van der Waals surface area contributed by atoms with E-state index in [1.54, 1.807) is 56.9 Å². The number of halogens is 1. The fraction of sp³-hybridized carbons (Fsp3) is 0.407. The first-order chi connectivity index (χ1) is 39.0. The van der Waals surface area contributed by atoms with Gasteiger partial charge >= 0.3 is 0 Å². The zero-order valence-corrected chi connectivity index (χ0v) is 47.9. The molecule has 1 fully saturated rings. The first-order valence-corrected chi connectivity index (χ1v) is 28.1. The summed E-state index contributed by atoms with van der Waals surface area (Å²) in [6.45, 7) is 10.1. The van der Waals surface area contributed by atoms with Crippen LogP contribution in [0, 0.1) is 19.3 Å². The van der Waals surface area contributed by atoms with Crippen LogP contribution in [-0.2, 0) is 51.1 Å². The molecule has 5 N–H and O–H groups in total. The number of benzene rings is 4. The van der Waals surface area contributed by atoms with Crippen LogP contribution in [0.5, 0.6) is 5.75 Å². The lowest BCUT2D eigenvalue weighted by Crippen LogP contribution is -2.60. The predicted molar refractivity (Wildman–Crippen MR) is 306 cm³/mol. The van der Waals surface area contributed by atoms with E-state index in [-0.39, 0.29) is 84.4 Å². The van der Waals surface area contributed by atoms with Crippen molar-refractivity contribution in [2.24, 2.45) is 10.4 Å². The number of nitrogens with one attached hydrogen (secondary N) is 4. The van der Waals surface area contributed by atoms with Gasteiger partial charge in [-0.25, -0.2) is 4.98 Å². The van der Waals surface area contributed by atoms with E-state index >= 15 is 0 Å². The summed E-state index contributed by atoms with van der Waals surface area (Å²) in [5.41, 5.74) is 7.63.